The Bertz CT molecular complexity index is 592. The van der Waals surface area contributed by atoms with Crippen molar-refractivity contribution in [3.63, 3.8) is 0 Å². The van der Waals surface area contributed by atoms with E-state index in [0.717, 1.165) is 10.0 Å². The zero-order valence-electron chi connectivity index (χ0n) is 9.53. The molecule has 0 aliphatic rings. The second-order valence-corrected chi connectivity index (χ2v) is 4.52. The van der Waals surface area contributed by atoms with Crippen molar-refractivity contribution in [1.82, 2.24) is 9.38 Å². The largest absolute Gasteiger partial charge is 0.461 e. The first-order chi connectivity index (χ1) is 8.04. The van der Waals surface area contributed by atoms with E-state index in [2.05, 4.69) is 20.9 Å². The van der Waals surface area contributed by atoms with Crippen LogP contribution < -0.4 is 5.73 Å². The number of aryl methyl sites for hydroxylation is 1. The topological polar surface area (TPSA) is 69.6 Å². The molecule has 0 saturated heterocycles. The monoisotopic (exact) mass is 297 g/mol. The minimum atomic E-state index is -0.496. The summed E-state index contributed by atoms with van der Waals surface area (Å²) in [7, 11) is 0. The number of ether oxygens (including phenoxy) is 1. The van der Waals surface area contributed by atoms with Crippen molar-refractivity contribution in [1.29, 1.82) is 0 Å². The fraction of sp³-hybridized carbons (Fsp3) is 0.273. The molecular formula is C11H12BrN3O2. The average molecular weight is 298 g/mol. The van der Waals surface area contributed by atoms with Gasteiger partial charge in [0.1, 0.15) is 11.5 Å². The number of hydrogen-bond acceptors (Lipinski definition) is 4. The van der Waals surface area contributed by atoms with Crippen molar-refractivity contribution < 1.29 is 9.53 Å². The van der Waals surface area contributed by atoms with Crippen LogP contribution in [0.3, 0.4) is 0 Å². The average Bonchev–Trinajstić information content (AvgIpc) is 2.57. The highest BCUT2D eigenvalue weighted by molar-refractivity contribution is 9.10. The minimum Gasteiger partial charge on any atom is -0.461 e. The van der Waals surface area contributed by atoms with E-state index in [0.29, 0.717) is 18.1 Å². The molecule has 0 aliphatic carbocycles. The van der Waals surface area contributed by atoms with E-state index in [1.54, 1.807) is 17.5 Å². The third kappa shape index (κ3) is 2.00. The predicted molar refractivity (Wildman–Crippen MR) is 68.0 cm³/mol. The van der Waals surface area contributed by atoms with E-state index in [1.165, 1.54) is 0 Å². The van der Waals surface area contributed by atoms with Gasteiger partial charge >= 0.3 is 5.97 Å². The fourth-order valence-electron chi connectivity index (χ4n) is 1.64. The summed E-state index contributed by atoms with van der Waals surface area (Å²) in [6.45, 7) is 3.95. The standard InChI is InChI=1S/C11H12BrN3O2/c1-3-17-11(16)8-9(13)15-5-7(12)4-6(2)10(15)14-8/h4-5H,3,13H2,1-2H3. The van der Waals surface area contributed by atoms with Crippen LogP contribution in [0, 0.1) is 6.92 Å². The van der Waals surface area contributed by atoms with Gasteiger partial charge in [0.05, 0.1) is 6.61 Å². The molecule has 0 bridgehead atoms. The van der Waals surface area contributed by atoms with Gasteiger partial charge in [0, 0.05) is 10.7 Å². The first-order valence-electron chi connectivity index (χ1n) is 5.15. The van der Waals surface area contributed by atoms with E-state index in [-0.39, 0.29) is 5.69 Å². The first-order valence-corrected chi connectivity index (χ1v) is 5.94. The molecule has 2 aromatic heterocycles. The number of rotatable bonds is 2. The highest BCUT2D eigenvalue weighted by Crippen LogP contribution is 2.22. The molecule has 90 valence electrons. The Labute approximate surface area is 107 Å². The number of anilines is 1. The molecule has 5 nitrogen and oxygen atoms in total. The summed E-state index contributed by atoms with van der Waals surface area (Å²) in [5, 5.41) is 0. The molecule has 0 atom stereocenters. The number of imidazole rings is 1. The van der Waals surface area contributed by atoms with Crippen LogP contribution in [0.2, 0.25) is 0 Å². The number of carbonyl (C=O) groups is 1. The summed E-state index contributed by atoms with van der Waals surface area (Å²) in [6, 6.07) is 1.91. The van der Waals surface area contributed by atoms with Crippen LogP contribution in [0.1, 0.15) is 23.0 Å². The van der Waals surface area contributed by atoms with Crippen molar-refractivity contribution in [3.8, 4) is 0 Å². The van der Waals surface area contributed by atoms with Crippen LogP contribution in [-0.4, -0.2) is 22.0 Å². The van der Waals surface area contributed by atoms with Crippen molar-refractivity contribution in [2.45, 2.75) is 13.8 Å². The molecule has 0 fully saturated rings. The number of nitrogens with two attached hydrogens (primary N) is 1. The Kier molecular flexibility index (Phi) is 3.06. The normalized spacial score (nSPS) is 10.8. The summed E-state index contributed by atoms with van der Waals surface area (Å²) >= 11 is 3.37. The maximum absolute atomic E-state index is 11.6. The number of nitrogens with zero attached hydrogens (tertiary/aromatic N) is 2. The summed E-state index contributed by atoms with van der Waals surface area (Å²) in [5.74, 6) is -0.202. The SMILES string of the molecule is CCOC(=O)c1nc2c(C)cc(Br)cn2c1N. The van der Waals surface area contributed by atoms with Crippen molar-refractivity contribution in [2.75, 3.05) is 12.3 Å². The van der Waals surface area contributed by atoms with Gasteiger partial charge in [-0.3, -0.25) is 4.40 Å². The summed E-state index contributed by atoms with van der Waals surface area (Å²) in [5.41, 5.74) is 7.64. The fourth-order valence-corrected chi connectivity index (χ4v) is 2.18. The van der Waals surface area contributed by atoms with Gasteiger partial charge in [-0.2, -0.15) is 0 Å². The number of pyridine rings is 1. The minimum absolute atomic E-state index is 0.160. The van der Waals surface area contributed by atoms with E-state index in [4.69, 9.17) is 10.5 Å². The Morgan fingerprint density at radius 3 is 3.00 bits per heavy atom. The van der Waals surface area contributed by atoms with Crippen LogP contribution >= 0.6 is 15.9 Å². The number of esters is 1. The molecule has 2 aromatic rings. The summed E-state index contributed by atoms with van der Waals surface area (Å²) < 4.78 is 7.45. The Hall–Kier alpha value is -1.56. The lowest BCUT2D eigenvalue weighted by Gasteiger charge is -2.01. The Balaban J connectivity index is 2.64. The third-order valence-electron chi connectivity index (χ3n) is 2.38. The molecule has 17 heavy (non-hydrogen) atoms. The van der Waals surface area contributed by atoms with E-state index < -0.39 is 5.97 Å². The van der Waals surface area contributed by atoms with Crippen LogP contribution in [-0.2, 0) is 4.74 Å². The highest BCUT2D eigenvalue weighted by Gasteiger charge is 2.18. The van der Waals surface area contributed by atoms with Gasteiger partial charge in [-0.1, -0.05) is 0 Å². The summed E-state index contributed by atoms with van der Waals surface area (Å²) in [6.07, 6.45) is 1.77. The van der Waals surface area contributed by atoms with Gasteiger partial charge in [-0.15, -0.1) is 0 Å². The second kappa shape index (κ2) is 4.37. The Morgan fingerprint density at radius 2 is 2.35 bits per heavy atom. The predicted octanol–water partition coefficient (Wildman–Crippen LogP) is 2.16. The lowest BCUT2D eigenvalue weighted by atomic mass is 10.3. The molecule has 2 rings (SSSR count). The third-order valence-corrected chi connectivity index (χ3v) is 2.81. The number of aromatic nitrogens is 2. The first kappa shape index (κ1) is 11.9. The molecule has 0 radical (unpaired) electrons. The molecule has 0 spiro atoms. The molecule has 0 unspecified atom stereocenters. The zero-order chi connectivity index (χ0) is 12.6. The van der Waals surface area contributed by atoms with E-state index in [9.17, 15) is 4.79 Å². The Morgan fingerprint density at radius 1 is 1.65 bits per heavy atom. The summed E-state index contributed by atoms with van der Waals surface area (Å²) in [4.78, 5) is 15.9. The number of carbonyl (C=O) groups excluding carboxylic acids is 1. The maximum Gasteiger partial charge on any atom is 0.360 e. The lowest BCUT2D eigenvalue weighted by Crippen LogP contribution is -2.08. The highest BCUT2D eigenvalue weighted by atomic mass is 79.9. The van der Waals surface area contributed by atoms with Crippen LogP contribution in [0.25, 0.3) is 5.65 Å². The molecule has 0 aromatic carbocycles. The van der Waals surface area contributed by atoms with E-state index in [1.807, 2.05) is 13.0 Å². The molecule has 2 N–H and O–H groups in total. The quantitative estimate of drug-likeness (QED) is 0.863. The number of fused-ring (bicyclic) bond motifs is 1. The smallest absolute Gasteiger partial charge is 0.360 e. The number of hydrogen-bond donors (Lipinski definition) is 1. The lowest BCUT2D eigenvalue weighted by molar-refractivity contribution is 0.0521. The van der Waals surface area contributed by atoms with Gasteiger partial charge in [0.25, 0.3) is 0 Å². The van der Waals surface area contributed by atoms with Crippen LogP contribution in [0.15, 0.2) is 16.7 Å². The number of nitrogen functional groups attached to an aromatic ring is 1. The van der Waals surface area contributed by atoms with Crippen molar-refractivity contribution >= 4 is 33.4 Å². The van der Waals surface area contributed by atoms with E-state index >= 15 is 0 Å². The van der Waals surface area contributed by atoms with Crippen LogP contribution in [0.5, 0.6) is 0 Å². The maximum atomic E-state index is 11.6. The van der Waals surface area contributed by atoms with Gasteiger partial charge in [-0.05, 0) is 41.4 Å². The molecule has 6 heteroatoms. The van der Waals surface area contributed by atoms with Crippen molar-refractivity contribution in [2.24, 2.45) is 0 Å². The molecule has 0 aliphatic heterocycles. The number of halogens is 1. The van der Waals surface area contributed by atoms with Gasteiger partial charge in [-0.25, -0.2) is 9.78 Å². The van der Waals surface area contributed by atoms with Gasteiger partial charge in [0.15, 0.2) is 5.69 Å². The van der Waals surface area contributed by atoms with Gasteiger partial charge in [0.2, 0.25) is 0 Å². The molecule has 2 heterocycles. The van der Waals surface area contributed by atoms with Gasteiger partial charge < -0.3 is 10.5 Å². The van der Waals surface area contributed by atoms with Crippen LogP contribution in [0.4, 0.5) is 5.82 Å². The molecular weight excluding hydrogens is 286 g/mol. The molecule has 0 saturated carbocycles. The second-order valence-electron chi connectivity index (χ2n) is 3.60. The molecule has 0 amide bonds. The van der Waals surface area contributed by atoms with Crippen molar-refractivity contribution in [3.05, 3.63) is 28.0 Å². The zero-order valence-corrected chi connectivity index (χ0v) is 11.1.